The average molecular weight is 290 g/mol. The van der Waals surface area contributed by atoms with Gasteiger partial charge in [0.2, 0.25) is 0 Å². The van der Waals surface area contributed by atoms with Gasteiger partial charge in [0.1, 0.15) is 5.82 Å². The van der Waals surface area contributed by atoms with Crippen LogP contribution in [0.4, 0.5) is 4.39 Å². The van der Waals surface area contributed by atoms with Crippen molar-refractivity contribution in [1.82, 2.24) is 9.78 Å². The number of hydrogen-bond donors (Lipinski definition) is 2. The molecule has 0 bridgehead atoms. The summed E-state index contributed by atoms with van der Waals surface area (Å²) < 4.78 is 15.9. The van der Waals surface area contributed by atoms with E-state index in [0.29, 0.717) is 17.7 Å². The summed E-state index contributed by atoms with van der Waals surface area (Å²) in [7, 11) is 0. The Hall–Kier alpha value is -2.37. The van der Waals surface area contributed by atoms with E-state index in [1.807, 2.05) is 24.6 Å². The predicted octanol–water partition coefficient (Wildman–Crippen LogP) is 2.29. The molecule has 0 radical (unpaired) electrons. The van der Waals surface area contributed by atoms with Crippen molar-refractivity contribution in [2.45, 2.75) is 33.2 Å². The van der Waals surface area contributed by atoms with E-state index in [-0.39, 0.29) is 5.84 Å². The second-order valence-electron chi connectivity index (χ2n) is 4.78. The molecule has 0 atom stereocenters. The van der Waals surface area contributed by atoms with Crippen molar-refractivity contribution < 1.29 is 9.60 Å². The molecule has 1 heterocycles. The van der Waals surface area contributed by atoms with Crippen molar-refractivity contribution in [1.29, 1.82) is 0 Å². The molecule has 1 aromatic carbocycles. The molecule has 2 rings (SSSR count). The molecule has 112 valence electrons. The molecule has 0 aliphatic carbocycles. The van der Waals surface area contributed by atoms with Gasteiger partial charge in [0.25, 0.3) is 0 Å². The SMILES string of the molecule is CCc1cc(CC)n(Cc2ccc(/C(N)=N/O)cc2F)n1. The van der Waals surface area contributed by atoms with Crippen LogP contribution in [0, 0.1) is 5.82 Å². The fourth-order valence-electron chi connectivity index (χ4n) is 2.16. The fourth-order valence-corrected chi connectivity index (χ4v) is 2.16. The second kappa shape index (κ2) is 6.39. The molecule has 0 fully saturated rings. The third kappa shape index (κ3) is 3.21. The van der Waals surface area contributed by atoms with Crippen LogP contribution in [0.2, 0.25) is 0 Å². The van der Waals surface area contributed by atoms with Crippen molar-refractivity contribution >= 4 is 5.84 Å². The molecule has 1 aromatic heterocycles. The first kappa shape index (κ1) is 15.0. The van der Waals surface area contributed by atoms with E-state index < -0.39 is 5.82 Å². The molecule has 21 heavy (non-hydrogen) atoms. The highest BCUT2D eigenvalue weighted by Crippen LogP contribution is 2.14. The lowest BCUT2D eigenvalue weighted by Crippen LogP contribution is -2.14. The summed E-state index contributed by atoms with van der Waals surface area (Å²) in [5.74, 6) is -0.503. The molecule has 6 heteroatoms. The third-order valence-electron chi connectivity index (χ3n) is 3.42. The Morgan fingerprint density at radius 1 is 1.33 bits per heavy atom. The molecule has 0 unspecified atom stereocenters. The summed E-state index contributed by atoms with van der Waals surface area (Å²) in [6.45, 7) is 4.45. The summed E-state index contributed by atoms with van der Waals surface area (Å²) >= 11 is 0. The normalized spacial score (nSPS) is 11.9. The van der Waals surface area contributed by atoms with Crippen LogP contribution in [0.5, 0.6) is 0 Å². The Morgan fingerprint density at radius 2 is 2.10 bits per heavy atom. The summed E-state index contributed by atoms with van der Waals surface area (Å²) in [6.07, 6.45) is 1.70. The van der Waals surface area contributed by atoms with Crippen LogP contribution in [-0.4, -0.2) is 20.8 Å². The number of aryl methyl sites for hydroxylation is 2. The first-order valence-electron chi connectivity index (χ1n) is 6.90. The highest BCUT2D eigenvalue weighted by molar-refractivity contribution is 5.97. The zero-order valence-corrected chi connectivity index (χ0v) is 12.2. The van der Waals surface area contributed by atoms with E-state index in [9.17, 15) is 4.39 Å². The van der Waals surface area contributed by atoms with Gasteiger partial charge in [0.05, 0.1) is 12.2 Å². The number of hydrogen-bond acceptors (Lipinski definition) is 3. The number of halogens is 1. The fraction of sp³-hybridized carbons (Fsp3) is 0.333. The van der Waals surface area contributed by atoms with Gasteiger partial charge in [0, 0.05) is 16.8 Å². The van der Waals surface area contributed by atoms with Crippen molar-refractivity contribution in [2.75, 3.05) is 0 Å². The van der Waals surface area contributed by atoms with Crippen molar-refractivity contribution in [3.05, 3.63) is 52.6 Å². The third-order valence-corrected chi connectivity index (χ3v) is 3.42. The Bertz CT molecular complexity index is 664. The van der Waals surface area contributed by atoms with Gasteiger partial charge in [-0.2, -0.15) is 5.10 Å². The van der Waals surface area contributed by atoms with Crippen molar-refractivity contribution in [3.63, 3.8) is 0 Å². The number of rotatable bonds is 5. The molecule has 0 aliphatic heterocycles. The van der Waals surface area contributed by atoms with Gasteiger partial charge in [-0.15, -0.1) is 0 Å². The lowest BCUT2D eigenvalue weighted by atomic mass is 10.1. The summed E-state index contributed by atoms with van der Waals surface area (Å²) in [6, 6.07) is 6.57. The van der Waals surface area contributed by atoms with Crippen molar-refractivity contribution in [2.24, 2.45) is 10.9 Å². The van der Waals surface area contributed by atoms with Gasteiger partial charge in [0.15, 0.2) is 5.84 Å². The molecule has 0 saturated carbocycles. The summed E-state index contributed by atoms with van der Waals surface area (Å²) in [5, 5.41) is 15.9. The topological polar surface area (TPSA) is 76.4 Å². The molecule has 0 aliphatic rings. The Labute approximate surface area is 122 Å². The average Bonchev–Trinajstić information content (AvgIpc) is 2.90. The number of aromatic nitrogens is 2. The van der Waals surface area contributed by atoms with E-state index in [1.165, 1.54) is 6.07 Å². The minimum atomic E-state index is -0.394. The first-order chi connectivity index (χ1) is 10.1. The smallest absolute Gasteiger partial charge is 0.170 e. The number of nitrogens with two attached hydrogens (primary N) is 1. The second-order valence-corrected chi connectivity index (χ2v) is 4.78. The lowest BCUT2D eigenvalue weighted by Gasteiger charge is -2.08. The number of nitrogens with zero attached hydrogens (tertiary/aromatic N) is 3. The van der Waals surface area contributed by atoms with E-state index in [4.69, 9.17) is 10.9 Å². The maximum Gasteiger partial charge on any atom is 0.170 e. The molecule has 3 N–H and O–H groups in total. The molecule has 0 spiro atoms. The van der Waals surface area contributed by atoms with Crippen LogP contribution >= 0.6 is 0 Å². The van der Waals surface area contributed by atoms with Crippen LogP contribution < -0.4 is 5.73 Å². The van der Waals surface area contributed by atoms with E-state index in [2.05, 4.69) is 10.3 Å². The molecule has 0 saturated heterocycles. The molecule has 0 amide bonds. The first-order valence-corrected chi connectivity index (χ1v) is 6.90. The maximum atomic E-state index is 14.1. The highest BCUT2D eigenvalue weighted by atomic mass is 19.1. The molecule has 5 nitrogen and oxygen atoms in total. The van der Waals surface area contributed by atoms with Crippen LogP contribution in [0.3, 0.4) is 0 Å². The van der Waals surface area contributed by atoms with Crippen molar-refractivity contribution in [3.8, 4) is 0 Å². The van der Waals surface area contributed by atoms with Crippen LogP contribution in [-0.2, 0) is 19.4 Å². The largest absolute Gasteiger partial charge is 0.409 e. The quantitative estimate of drug-likeness (QED) is 0.384. The van der Waals surface area contributed by atoms with Gasteiger partial charge >= 0.3 is 0 Å². The summed E-state index contributed by atoms with van der Waals surface area (Å²) in [4.78, 5) is 0. The van der Waals surface area contributed by atoms with Gasteiger partial charge in [-0.3, -0.25) is 4.68 Å². The zero-order valence-electron chi connectivity index (χ0n) is 12.2. The van der Waals surface area contributed by atoms with E-state index in [0.717, 1.165) is 24.2 Å². The van der Waals surface area contributed by atoms with Crippen LogP contribution in [0.25, 0.3) is 0 Å². The standard InChI is InChI=1S/C15H19FN4O/c1-3-12-8-13(4-2)20(18-12)9-11-6-5-10(7-14(11)16)15(17)19-21/h5-8,21H,3-4,9H2,1-2H3,(H2,17,19). The minimum Gasteiger partial charge on any atom is -0.409 e. The highest BCUT2D eigenvalue weighted by Gasteiger charge is 2.10. The van der Waals surface area contributed by atoms with E-state index in [1.54, 1.807) is 12.1 Å². The number of oxime groups is 1. The van der Waals surface area contributed by atoms with Gasteiger partial charge in [-0.1, -0.05) is 31.1 Å². The minimum absolute atomic E-state index is 0.109. The molecular formula is C15H19FN4O. The Balaban J connectivity index is 2.30. The lowest BCUT2D eigenvalue weighted by molar-refractivity contribution is 0.318. The Morgan fingerprint density at radius 3 is 2.67 bits per heavy atom. The predicted molar refractivity (Wildman–Crippen MR) is 79.0 cm³/mol. The number of benzene rings is 1. The van der Waals surface area contributed by atoms with Gasteiger partial charge in [-0.25, -0.2) is 4.39 Å². The van der Waals surface area contributed by atoms with Crippen LogP contribution in [0.1, 0.15) is 36.4 Å². The van der Waals surface area contributed by atoms with E-state index >= 15 is 0 Å². The maximum absolute atomic E-state index is 14.1. The van der Waals surface area contributed by atoms with Crippen LogP contribution in [0.15, 0.2) is 29.4 Å². The zero-order chi connectivity index (χ0) is 15.4. The van der Waals surface area contributed by atoms with Gasteiger partial charge < -0.3 is 10.9 Å². The summed E-state index contributed by atoms with van der Waals surface area (Å²) in [5.41, 5.74) is 8.39. The Kier molecular flexibility index (Phi) is 4.57. The molecule has 2 aromatic rings. The monoisotopic (exact) mass is 290 g/mol. The molecular weight excluding hydrogens is 271 g/mol. The van der Waals surface area contributed by atoms with Gasteiger partial charge in [-0.05, 0) is 25.0 Å². The number of amidine groups is 1.